The Kier molecular flexibility index (Phi) is 6.05. The van der Waals surface area contributed by atoms with E-state index in [1.54, 1.807) is 36.5 Å². The number of carbonyl (C=O) groups excluding carboxylic acids is 1. The number of benzene rings is 1. The average molecular weight is 316 g/mol. The fraction of sp³-hybridized carbons (Fsp3) is 0.294. The second-order valence-electron chi connectivity index (χ2n) is 5.17. The van der Waals surface area contributed by atoms with Crippen LogP contribution in [0.2, 0.25) is 0 Å². The molecule has 0 fully saturated rings. The standard InChI is InChI=1S/C17H21FN4O/c1-3-19-12(2)11-21-17(23)13-7-6-10-20-16(13)22-15-9-5-4-8-14(15)18/h4-10,12,19H,3,11H2,1-2H3,(H,20,22)(H,21,23)/t12-/m1/s1. The van der Waals surface area contributed by atoms with Gasteiger partial charge in [0.05, 0.1) is 11.3 Å². The molecule has 2 aromatic rings. The first-order valence-electron chi connectivity index (χ1n) is 7.60. The molecule has 1 aromatic heterocycles. The summed E-state index contributed by atoms with van der Waals surface area (Å²) in [6.45, 7) is 5.34. The van der Waals surface area contributed by atoms with Gasteiger partial charge in [-0.05, 0) is 37.7 Å². The lowest BCUT2D eigenvalue weighted by atomic mass is 10.2. The highest BCUT2D eigenvalue weighted by atomic mass is 19.1. The van der Waals surface area contributed by atoms with Crippen LogP contribution in [-0.2, 0) is 0 Å². The number of para-hydroxylation sites is 1. The van der Waals surface area contributed by atoms with Crippen molar-refractivity contribution in [3.63, 3.8) is 0 Å². The van der Waals surface area contributed by atoms with Crippen molar-refractivity contribution in [3.05, 3.63) is 54.0 Å². The van der Waals surface area contributed by atoms with E-state index in [9.17, 15) is 9.18 Å². The maximum atomic E-state index is 13.7. The third-order valence-electron chi connectivity index (χ3n) is 3.30. The molecule has 122 valence electrons. The second kappa shape index (κ2) is 8.24. The molecule has 6 heteroatoms. The fourth-order valence-electron chi connectivity index (χ4n) is 2.14. The van der Waals surface area contributed by atoms with Crippen LogP contribution >= 0.6 is 0 Å². The maximum absolute atomic E-state index is 13.7. The highest BCUT2D eigenvalue weighted by Gasteiger charge is 2.14. The monoisotopic (exact) mass is 316 g/mol. The highest BCUT2D eigenvalue weighted by Crippen LogP contribution is 2.20. The Balaban J connectivity index is 2.11. The number of amides is 1. The van der Waals surface area contributed by atoms with Crippen LogP contribution in [-0.4, -0.2) is 30.0 Å². The molecule has 5 nitrogen and oxygen atoms in total. The van der Waals surface area contributed by atoms with Crippen molar-refractivity contribution in [1.29, 1.82) is 0 Å². The van der Waals surface area contributed by atoms with Crippen LogP contribution in [0.15, 0.2) is 42.6 Å². The topological polar surface area (TPSA) is 66.0 Å². The summed E-state index contributed by atoms with van der Waals surface area (Å²) in [5, 5.41) is 8.94. The number of nitrogens with one attached hydrogen (secondary N) is 3. The number of anilines is 2. The van der Waals surface area contributed by atoms with Gasteiger partial charge in [-0.3, -0.25) is 4.79 Å². The minimum absolute atomic E-state index is 0.170. The molecule has 23 heavy (non-hydrogen) atoms. The van der Waals surface area contributed by atoms with Crippen LogP contribution < -0.4 is 16.0 Å². The maximum Gasteiger partial charge on any atom is 0.255 e. The molecule has 0 aliphatic heterocycles. The molecular formula is C17H21FN4O. The number of hydrogen-bond acceptors (Lipinski definition) is 4. The van der Waals surface area contributed by atoms with Gasteiger partial charge in [0.1, 0.15) is 11.6 Å². The molecule has 2 rings (SSSR count). The van der Waals surface area contributed by atoms with Gasteiger partial charge in [0.25, 0.3) is 5.91 Å². The van der Waals surface area contributed by atoms with Crippen LogP contribution in [0, 0.1) is 5.82 Å². The van der Waals surface area contributed by atoms with E-state index in [4.69, 9.17) is 0 Å². The van der Waals surface area contributed by atoms with Crippen molar-refractivity contribution < 1.29 is 9.18 Å². The number of hydrogen-bond donors (Lipinski definition) is 3. The number of aromatic nitrogens is 1. The van der Waals surface area contributed by atoms with E-state index in [0.717, 1.165) is 6.54 Å². The SMILES string of the molecule is CCN[C@H](C)CNC(=O)c1cccnc1Nc1ccccc1F. The van der Waals surface area contributed by atoms with Gasteiger partial charge in [0.2, 0.25) is 0 Å². The smallest absolute Gasteiger partial charge is 0.255 e. The van der Waals surface area contributed by atoms with Crippen LogP contribution in [0.5, 0.6) is 0 Å². The first-order chi connectivity index (χ1) is 11.1. The highest BCUT2D eigenvalue weighted by molar-refractivity contribution is 5.99. The lowest BCUT2D eigenvalue weighted by Gasteiger charge is -2.15. The lowest BCUT2D eigenvalue weighted by molar-refractivity contribution is 0.0951. The van der Waals surface area contributed by atoms with Crippen LogP contribution in [0.25, 0.3) is 0 Å². The summed E-state index contributed by atoms with van der Waals surface area (Å²) in [6, 6.07) is 9.77. The van der Waals surface area contributed by atoms with E-state index < -0.39 is 5.82 Å². The van der Waals surface area contributed by atoms with Gasteiger partial charge in [-0.15, -0.1) is 0 Å². The third-order valence-corrected chi connectivity index (χ3v) is 3.30. The zero-order valence-corrected chi connectivity index (χ0v) is 13.3. The van der Waals surface area contributed by atoms with Crippen LogP contribution in [0.3, 0.4) is 0 Å². The van der Waals surface area contributed by atoms with Gasteiger partial charge < -0.3 is 16.0 Å². The normalized spacial score (nSPS) is 11.8. The Labute approximate surface area is 135 Å². The number of halogens is 1. The molecule has 0 aliphatic carbocycles. The van der Waals surface area contributed by atoms with E-state index in [1.165, 1.54) is 6.07 Å². The van der Waals surface area contributed by atoms with Gasteiger partial charge in [0.15, 0.2) is 0 Å². The van der Waals surface area contributed by atoms with Gasteiger partial charge in [0, 0.05) is 18.8 Å². The van der Waals surface area contributed by atoms with Gasteiger partial charge >= 0.3 is 0 Å². The van der Waals surface area contributed by atoms with Crippen molar-refractivity contribution in [2.75, 3.05) is 18.4 Å². The molecule has 1 aromatic carbocycles. The molecule has 1 atom stereocenters. The van der Waals surface area contributed by atoms with Crippen LogP contribution in [0.1, 0.15) is 24.2 Å². The molecule has 1 amide bonds. The van der Waals surface area contributed by atoms with Crippen molar-refractivity contribution in [1.82, 2.24) is 15.6 Å². The summed E-state index contributed by atoms with van der Waals surface area (Å²) >= 11 is 0. The van der Waals surface area contributed by atoms with E-state index in [0.29, 0.717) is 17.9 Å². The number of likely N-dealkylation sites (N-methyl/N-ethyl adjacent to an activating group) is 1. The number of nitrogens with zero attached hydrogens (tertiary/aromatic N) is 1. The molecule has 0 unspecified atom stereocenters. The van der Waals surface area contributed by atoms with Crippen molar-refractivity contribution >= 4 is 17.4 Å². The van der Waals surface area contributed by atoms with E-state index >= 15 is 0 Å². The molecule has 0 saturated heterocycles. The summed E-state index contributed by atoms with van der Waals surface area (Å²) in [6.07, 6.45) is 1.56. The number of rotatable bonds is 7. The van der Waals surface area contributed by atoms with Crippen LogP contribution in [0.4, 0.5) is 15.9 Å². The molecule has 0 spiro atoms. The quantitative estimate of drug-likeness (QED) is 0.735. The first-order valence-corrected chi connectivity index (χ1v) is 7.60. The Morgan fingerprint density at radius 1 is 1.26 bits per heavy atom. The zero-order chi connectivity index (χ0) is 16.7. The molecule has 0 bridgehead atoms. The molecule has 0 saturated carbocycles. The van der Waals surface area contributed by atoms with Gasteiger partial charge in [-0.2, -0.15) is 0 Å². The third kappa shape index (κ3) is 4.75. The summed E-state index contributed by atoms with van der Waals surface area (Å²) in [4.78, 5) is 16.5. The lowest BCUT2D eigenvalue weighted by Crippen LogP contribution is -2.39. The van der Waals surface area contributed by atoms with E-state index in [-0.39, 0.29) is 17.6 Å². The number of carbonyl (C=O) groups is 1. The zero-order valence-electron chi connectivity index (χ0n) is 13.3. The Morgan fingerprint density at radius 2 is 2.04 bits per heavy atom. The Morgan fingerprint density at radius 3 is 2.78 bits per heavy atom. The first kappa shape index (κ1) is 16.9. The van der Waals surface area contributed by atoms with Crippen molar-refractivity contribution in [2.45, 2.75) is 19.9 Å². The molecular weight excluding hydrogens is 295 g/mol. The summed E-state index contributed by atoms with van der Waals surface area (Å²) < 4.78 is 13.7. The fourth-order valence-corrected chi connectivity index (χ4v) is 2.14. The predicted molar refractivity (Wildman–Crippen MR) is 89.4 cm³/mol. The Hall–Kier alpha value is -2.47. The minimum atomic E-state index is -0.398. The van der Waals surface area contributed by atoms with Crippen molar-refractivity contribution in [2.24, 2.45) is 0 Å². The Bertz CT molecular complexity index is 663. The molecule has 0 aliphatic rings. The summed E-state index contributed by atoms with van der Waals surface area (Å²) in [5.74, 6) is -0.321. The minimum Gasteiger partial charge on any atom is -0.350 e. The van der Waals surface area contributed by atoms with E-state index in [1.807, 2.05) is 13.8 Å². The molecule has 3 N–H and O–H groups in total. The molecule has 1 heterocycles. The van der Waals surface area contributed by atoms with Crippen molar-refractivity contribution in [3.8, 4) is 0 Å². The van der Waals surface area contributed by atoms with Gasteiger partial charge in [-0.1, -0.05) is 19.1 Å². The largest absolute Gasteiger partial charge is 0.350 e. The second-order valence-corrected chi connectivity index (χ2v) is 5.17. The van der Waals surface area contributed by atoms with Gasteiger partial charge in [-0.25, -0.2) is 9.37 Å². The van der Waals surface area contributed by atoms with E-state index in [2.05, 4.69) is 20.9 Å². The summed E-state index contributed by atoms with van der Waals surface area (Å²) in [7, 11) is 0. The summed E-state index contributed by atoms with van der Waals surface area (Å²) in [5.41, 5.74) is 0.653. The average Bonchev–Trinajstić information content (AvgIpc) is 2.55. The number of pyridine rings is 1. The predicted octanol–water partition coefficient (Wildman–Crippen LogP) is 2.69. The molecule has 0 radical (unpaired) electrons.